The molecule has 0 unspecified atom stereocenters. The molecule has 0 amide bonds. The van der Waals surface area contributed by atoms with Gasteiger partial charge in [-0.3, -0.25) is 4.79 Å². The topological polar surface area (TPSA) is 77.2 Å². The van der Waals surface area contributed by atoms with Gasteiger partial charge in [0.2, 0.25) is 5.89 Å². The van der Waals surface area contributed by atoms with Crippen molar-refractivity contribution in [3.63, 3.8) is 0 Å². The summed E-state index contributed by atoms with van der Waals surface area (Å²) in [5.41, 5.74) is 0. The second kappa shape index (κ2) is 6.13. The Hall–Kier alpha value is -1.43. The third kappa shape index (κ3) is 4.55. The summed E-state index contributed by atoms with van der Waals surface area (Å²) in [4.78, 5) is 14.8. The lowest BCUT2D eigenvalue weighted by Crippen LogP contribution is -2.21. The van der Waals surface area contributed by atoms with E-state index in [1.807, 2.05) is 0 Å². The number of carbonyl (C=O) groups excluding carboxylic acids is 1. The van der Waals surface area contributed by atoms with Gasteiger partial charge >= 0.3 is 5.97 Å². The lowest BCUT2D eigenvalue weighted by Gasteiger charge is -2.00. The number of ether oxygens (including phenoxy) is 1. The molecule has 0 aliphatic heterocycles. The fraction of sp³-hybridized carbons (Fsp3) is 0.667. The van der Waals surface area contributed by atoms with Crippen LogP contribution < -0.4 is 5.32 Å². The molecule has 0 saturated heterocycles. The van der Waals surface area contributed by atoms with Crippen molar-refractivity contribution in [2.24, 2.45) is 0 Å². The van der Waals surface area contributed by atoms with Crippen molar-refractivity contribution < 1.29 is 14.1 Å². The van der Waals surface area contributed by atoms with Gasteiger partial charge in [0.05, 0.1) is 13.5 Å². The van der Waals surface area contributed by atoms with Crippen molar-refractivity contribution >= 4 is 5.97 Å². The van der Waals surface area contributed by atoms with E-state index in [4.69, 9.17) is 4.52 Å². The zero-order chi connectivity index (χ0) is 11.1. The van der Waals surface area contributed by atoms with E-state index >= 15 is 0 Å². The van der Waals surface area contributed by atoms with E-state index in [0.717, 1.165) is 0 Å². The molecule has 6 nitrogen and oxygen atoms in total. The second-order valence-electron chi connectivity index (χ2n) is 3.06. The van der Waals surface area contributed by atoms with E-state index in [2.05, 4.69) is 20.2 Å². The van der Waals surface area contributed by atoms with Crippen LogP contribution in [0.2, 0.25) is 0 Å². The lowest BCUT2D eigenvalue weighted by molar-refractivity contribution is -0.140. The zero-order valence-corrected chi connectivity index (χ0v) is 8.95. The van der Waals surface area contributed by atoms with Crippen LogP contribution in [0.5, 0.6) is 0 Å². The van der Waals surface area contributed by atoms with Gasteiger partial charge in [0, 0.05) is 19.5 Å². The van der Waals surface area contributed by atoms with Crippen molar-refractivity contribution in [2.75, 3.05) is 20.2 Å². The maximum absolute atomic E-state index is 10.7. The van der Waals surface area contributed by atoms with Crippen molar-refractivity contribution in [3.8, 4) is 0 Å². The van der Waals surface area contributed by atoms with Gasteiger partial charge in [0.15, 0.2) is 5.82 Å². The molecule has 0 bridgehead atoms. The number of hydrogen-bond donors (Lipinski definition) is 1. The van der Waals surface area contributed by atoms with Gasteiger partial charge < -0.3 is 14.6 Å². The lowest BCUT2D eigenvalue weighted by atomic mass is 10.4. The van der Waals surface area contributed by atoms with E-state index in [0.29, 0.717) is 37.6 Å². The molecule has 1 rings (SSSR count). The van der Waals surface area contributed by atoms with Crippen LogP contribution in [0.1, 0.15) is 18.1 Å². The maximum atomic E-state index is 10.7. The summed E-state index contributed by atoms with van der Waals surface area (Å²) in [5, 5.41) is 6.75. The monoisotopic (exact) mass is 213 g/mol. The summed E-state index contributed by atoms with van der Waals surface area (Å²) in [6, 6.07) is 0. The molecular weight excluding hydrogens is 198 g/mol. The summed E-state index contributed by atoms with van der Waals surface area (Å²) in [6.07, 6.45) is 1.04. The van der Waals surface area contributed by atoms with E-state index in [1.54, 1.807) is 6.92 Å². The normalized spacial score (nSPS) is 10.3. The largest absolute Gasteiger partial charge is 0.469 e. The molecule has 84 valence electrons. The minimum atomic E-state index is -0.212. The first kappa shape index (κ1) is 11.6. The van der Waals surface area contributed by atoms with Gasteiger partial charge in [0.25, 0.3) is 0 Å². The minimum absolute atomic E-state index is 0.212. The standard InChI is InChI=1S/C9H15N3O3/c1-7-11-8(15-12-7)3-5-10-6-4-9(13)14-2/h10H,3-6H2,1-2H3. The third-order valence-electron chi connectivity index (χ3n) is 1.82. The number of esters is 1. The summed E-state index contributed by atoms with van der Waals surface area (Å²) >= 11 is 0. The highest BCUT2D eigenvalue weighted by molar-refractivity contribution is 5.69. The van der Waals surface area contributed by atoms with Gasteiger partial charge in [-0.1, -0.05) is 5.16 Å². The molecule has 0 spiro atoms. The minimum Gasteiger partial charge on any atom is -0.469 e. The second-order valence-corrected chi connectivity index (χ2v) is 3.06. The van der Waals surface area contributed by atoms with Crippen LogP contribution >= 0.6 is 0 Å². The number of aryl methyl sites for hydroxylation is 1. The van der Waals surface area contributed by atoms with Crippen molar-refractivity contribution in [1.82, 2.24) is 15.5 Å². The number of nitrogens with one attached hydrogen (secondary N) is 1. The van der Waals surface area contributed by atoms with Crippen LogP contribution in [0.15, 0.2) is 4.52 Å². The van der Waals surface area contributed by atoms with Crippen LogP contribution in [-0.2, 0) is 16.0 Å². The SMILES string of the molecule is COC(=O)CCNCCc1nc(C)no1. The average molecular weight is 213 g/mol. The van der Waals surface area contributed by atoms with E-state index < -0.39 is 0 Å². The van der Waals surface area contributed by atoms with E-state index in [9.17, 15) is 4.79 Å². The van der Waals surface area contributed by atoms with Crippen LogP contribution in [0.4, 0.5) is 0 Å². The molecule has 0 aliphatic rings. The maximum Gasteiger partial charge on any atom is 0.306 e. The summed E-state index contributed by atoms with van der Waals surface area (Å²) in [7, 11) is 1.38. The number of nitrogens with zero attached hydrogens (tertiary/aromatic N) is 2. The Labute approximate surface area is 88.0 Å². The number of methoxy groups -OCH3 is 1. The first-order chi connectivity index (χ1) is 7.22. The van der Waals surface area contributed by atoms with Crippen molar-refractivity contribution in [1.29, 1.82) is 0 Å². The number of hydrogen-bond acceptors (Lipinski definition) is 6. The van der Waals surface area contributed by atoms with Gasteiger partial charge in [-0.15, -0.1) is 0 Å². The number of aromatic nitrogens is 2. The fourth-order valence-corrected chi connectivity index (χ4v) is 1.05. The van der Waals surface area contributed by atoms with Gasteiger partial charge in [0.1, 0.15) is 0 Å². The molecule has 1 N–H and O–H groups in total. The predicted octanol–water partition coefficient (Wildman–Crippen LogP) is 0.0732. The Morgan fingerprint density at radius 1 is 1.53 bits per heavy atom. The van der Waals surface area contributed by atoms with Crippen molar-refractivity contribution in [2.45, 2.75) is 19.8 Å². The molecule has 0 aliphatic carbocycles. The Balaban J connectivity index is 2.05. The number of carbonyl (C=O) groups is 1. The molecule has 1 heterocycles. The van der Waals surface area contributed by atoms with Gasteiger partial charge in [-0.25, -0.2) is 0 Å². The van der Waals surface area contributed by atoms with Gasteiger partial charge in [-0.2, -0.15) is 4.98 Å². The molecule has 1 aromatic heterocycles. The Morgan fingerprint density at radius 3 is 2.93 bits per heavy atom. The average Bonchev–Trinajstić information content (AvgIpc) is 2.63. The molecular formula is C9H15N3O3. The van der Waals surface area contributed by atoms with Crippen LogP contribution in [-0.4, -0.2) is 36.3 Å². The van der Waals surface area contributed by atoms with Crippen LogP contribution in [0, 0.1) is 6.92 Å². The summed E-state index contributed by atoms with van der Waals surface area (Å²) < 4.78 is 9.42. The Morgan fingerprint density at radius 2 is 2.33 bits per heavy atom. The molecule has 0 aromatic carbocycles. The highest BCUT2D eigenvalue weighted by atomic mass is 16.5. The highest BCUT2D eigenvalue weighted by Gasteiger charge is 2.02. The highest BCUT2D eigenvalue weighted by Crippen LogP contribution is 1.95. The molecule has 0 radical (unpaired) electrons. The summed E-state index contributed by atoms with van der Waals surface area (Å²) in [6.45, 7) is 3.08. The first-order valence-corrected chi connectivity index (χ1v) is 4.79. The smallest absolute Gasteiger partial charge is 0.306 e. The first-order valence-electron chi connectivity index (χ1n) is 4.79. The zero-order valence-electron chi connectivity index (χ0n) is 8.95. The summed E-state index contributed by atoms with van der Waals surface area (Å²) in [5.74, 6) is 1.04. The molecule has 15 heavy (non-hydrogen) atoms. The quantitative estimate of drug-likeness (QED) is 0.532. The predicted molar refractivity (Wildman–Crippen MR) is 52.2 cm³/mol. The molecule has 6 heteroatoms. The van der Waals surface area contributed by atoms with E-state index in [1.165, 1.54) is 7.11 Å². The third-order valence-corrected chi connectivity index (χ3v) is 1.82. The molecule has 0 atom stereocenters. The fourth-order valence-electron chi connectivity index (χ4n) is 1.05. The van der Waals surface area contributed by atoms with Crippen LogP contribution in [0.25, 0.3) is 0 Å². The molecule has 0 fully saturated rings. The molecule has 1 aromatic rings. The van der Waals surface area contributed by atoms with Crippen LogP contribution in [0.3, 0.4) is 0 Å². The molecule has 0 saturated carbocycles. The Kier molecular flexibility index (Phi) is 4.76. The van der Waals surface area contributed by atoms with Crippen molar-refractivity contribution in [3.05, 3.63) is 11.7 Å². The number of rotatable bonds is 6. The Bertz CT molecular complexity index is 311. The van der Waals surface area contributed by atoms with E-state index in [-0.39, 0.29) is 5.97 Å². The van der Waals surface area contributed by atoms with Gasteiger partial charge in [-0.05, 0) is 6.92 Å².